The quantitative estimate of drug-likeness (QED) is 0.545. The van der Waals surface area contributed by atoms with Gasteiger partial charge in [0.05, 0.1) is 6.42 Å². The standard InChI is InChI=1S/C24H30Cl2N2O2/c1-5-17(4)27-24(30)22(6-2)28(15-19-20(25)11-8-12-21(19)26)23(29)14-18-10-7-9-16(3)13-18/h7-13,17,22H,5-6,14-15H2,1-4H3,(H,27,30). The fourth-order valence-corrected chi connectivity index (χ4v) is 3.83. The van der Waals surface area contributed by atoms with E-state index in [0.717, 1.165) is 17.5 Å². The molecule has 0 aromatic heterocycles. The number of carbonyl (C=O) groups is 2. The van der Waals surface area contributed by atoms with Gasteiger partial charge < -0.3 is 10.2 Å². The van der Waals surface area contributed by atoms with Crippen LogP contribution < -0.4 is 5.32 Å². The van der Waals surface area contributed by atoms with Gasteiger partial charge in [-0.25, -0.2) is 0 Å². The van der Waals surface area contributed by atoms with Crippen LogP contribution in [0.2, 0.25) is 10.0 Å². The summed E-state index contributed by atoms with van der Waals surface area (Å²) in [6.45, 7) is 8.03. The summed E-state index contributed by atoms with van der Waals surface area (Å²) in [5.41, 5.74) is 2.64. The van der Waals surface area contributed by atoms with Gasteiger partial charge in [0.25, 0.3) is 0 Å². The number of nitrogens with one attached hydrogen (secondary N) is 1. The van der Waals surface area contributed by atoms with Crippen LogP contribution in [-0.4, -0.2) is 28.8 Å². The Balaban J connectivity index is 2.37. The van der Waals surface area contributed by atoms with Crippen molar-refractivity contribution in [1.82, 2.24) is 10.2 Å². The molecule has 0 heterocycles. The monoisotopic (exact) mass is 448 g/mol. The molecule has 2 amide bonds. The summed E-state index contributed by atoms with van der Waals surface area (Å²) in [5, 5.41) is 3.96. The van der Waals surface area contributed by atoms with E-state index in [4.69, 9.17) is 23.2 Å². The molecule has 0 saturated carbocycles. The first-order valence-corrected chi connectivity index (χ1v) is 11.1. The highest BCUT2D eigenvalue weighted by molar-refractivity contribution is 6.36. The maximum absolute atomic E-state index is 13.4. The Morgan fingerprint density at radius 1 is 1.03 bits per heavy atom. The van der Waals surface area contributed by atoms with E-state index >= 15 is 0 Å². The van der Waals surface area contributed by atoms with Crippen LogP contribution in [0.4, 0.5) is 0 Å². The zero-order valence-corrected chi connectivity index (χ0v) is 19.6. The lowest BCUT2D eigenvalue weighted by Crippen LogP contribution is -2.51. The van der Waals surface area contributed by atoms with Crippen LogP contribution in [0, 0.1) is 6.92 Å². The molecule has 0 aliphatic heterocycles. The maximum atomic E-state index is 13.4. The van der Waals surface area contributed by atoms with Gasteiger partial charge in [-0.1, -0.05) is 72.9 Å². The van der Waals surface area contributed by atoms with E-state index in [0.29, 0.717) is 22.0 Å². The first-order chi connectivity index (χ1) is 14.3. The van der Waals surface area contributed by atoms with Crippen LogP contribution in [0.1, 0.15) is 50.3 Å². The lowest BCUT2D eigenvalue weighted by molar-refractivity contribution is -0.141. The molecule has 0 aliphatic rings. The van der Waals surface area contributed by atoms with E-state index in [1.807, 2.05) is 52.0 Å². The number of carbonyl (C=O) groups excluding carboxylic acids is 2. The maximum Gasteiger partial charge on any atom is 0.243 e. The Labute approximate surface area is 189 Å². The molecular weight excluding hydrogens is 419 g/mol. The Hall–Kier alpha value is -2.04. The first kappa shape index (κ1) is 24.2. The van der Waals surface area contributed by atoms with Gasteiger partial charge in [-0.15, -0.1) is 0 Å². The van der Waals surface area contributed by atoms with Crippen LogP contribution in [-0.2, 0) is 22.6 Å². The third-order valence-electron chi connectivity index (χ3n) is 5.21. The number of amides is 2. The van der Waals surface area contributed by atoms with Crippen molar-refractivity contribution in [3.05, 3.63) is 69.2 Å². The Morgan fingerprint density at radius 3 is 2.23 bits per heavy atom. The van der Waals surface area contributed by atoms with Crippen LogP contribution in [0.3, 0.4) is 0 Å². The van der Waals surface area contributed by atoms with Crippen LogP contribution in [0.5, 0.6) is 0 Å². The van der Waals surface area contributed by atoms with Gasteiger partial charge in [0.2, 0.25) is 11.8 Å². The van der Waals surface area contributed by atoms with Crippen molar-refractivity contribution in [3.63, 3.8) is 0 Å². The highest BCUT2D eigenvalue weighted by Gasteiger charge is 2.30. The molecule has 4 nitrogen and oxygen atoms in total. The zero-order chi connectivity index (χ0) is 22.3. The van der Waals surface area contributed by atoms with Crippen molar-refractivity contribution in [2.24, 2.45) is 0 Å². The van der Waals surface area contributed by atoms with E-state index in [1.54, 1.807) is 23.1 Å². The fraction of sp³-hybridized carbons (Fsp3) is 0.417. The average molecular weight is 449 g/mol. The molecule has 0 radical (unpaired) electrons. The topological polar surface area (TPSA) is 49.4 Å². The molecule has 2 aromatic carbocycles. The lowest BCUT2D eigenvalue weighted by atomic mass is 10.0. The summed E-state index contributed by atoms with van der Waals surface area (Å²) in [6, 6.07) is 12.5. The molecule has 0 spiro atoms. The van der Waals surface area contributed by atoms with Crippen LogP contribution in [0.25, 0.3) is 0 Å². The number of benzene rings is 2. The molecule has 2 aromatic rings. The smallest absolute Gasteiger partial charge is 0.243 e. The summed E-state index contributed by atoms with van der Waals surface area (Å²) >= 11 is 12.7. The van der Waals surface area contributed by atoms with Gasteiger partial charge in [-0.3, -0.25) is 9.59 Å². The first-order valence-electron chi connectivity index (χ1n) is 10.3. The molecule has 0 fully saturated rings. The van der Waals surface area contributed by atoms with Crippen LogP contribution in [0.15, 0.2) is 42.5 Å². The molecule has 1 N–H and O–H groups in total. The highest BCUT2D eigenvalue weighted by atomic mass is 35.5. The predicted molar refractivity (Wildman–Crippen MR) is 124 cm³/mol. The van der Waals surface area contributed by atoms with Crippen molar-refractivity contribution in [1.29, 1.82) is 0 Å². The molecular formula is C24H30Cl2N2O2. The van der Waals surface area contributed by atoms with Crippen molar-refractivity contribution in [2.75, 3.05) is 0 Å². The molecule has 0 aliphatic carbocycles. The third-order valence-corrected chi connectivity index (χ3v) is 5.92. The SMILES string of the molecule is CCC(C)NC(=O)C(CC)N(Cc1c(Cl)cccc1Cl)C(=O)Cc1cccc(C)c1. The van der Waals surface area contributed by atoms with Crippen molar-refractivity contribution < 1.29 is 9.59 Å². The number of aryl methyl sites for hydroxylation is 1. The minimum atomic E-state index is -0.608. The summed E-state index contributed by atoms with van der Waals surface area (Å²) < 4.78 is 0. The largest absolute Gasteiger partial charge is 0.352 e. The van der Waals surface area contributed by atoms with Gasteiger partial charge in [0.15, 0.2) is 0 Å². The normalized spacial score (nSPS) is 12.9. The predicted octanol–water partition coefficient (Wildman–Crippen LogP) is 5.57. The van der Waals surface area contributed by atoms with Gasteiger partial charge >= 0.3 is 0 Å². The summed E-state index contributed by atoms with van der Waals surface area (Å²) in [4.78, 5) is 28.0. The summed E-state index contributed by atoms with van der Waals surface area (Å²) in [6.07, 6.45) is 1.51. The molecule has 2 atom stereocenters. The van der Waals surface area contributed by atoms with E-state index < -0.39 is 6.04 Å². The van der Waals surface area contributed by atoms with E-state index in [-0.39, 0.29) is 30.8 Å². The number of halogens is 2. The van der Waals surface area contributed by atoms with E-state index in [2.05, 4.69) is 5.32 Å². The highest BCUT2D eigenvalue weighted by Crippen LogP contribution is 2.27. The fourth-order valence-electron chi connectivity index (χ4n) is 3.31. The molecule has 30 heavy (non-hydrogen) atoms. The number of nitrogens with zero attached hydrogens (tertiary/aromatic N) is 1. The second kappa shape index (κ2) is 11.4. The molecule has 2 rings (SSSR count). The van der Waals surface area contributed by atoms with Gasteiger partial charge in [-0.05, 0) is 44.4 Å². The second-order valence-electron chi connectivity index (χ2n) is 7.63. The third kappa shape index (κ3) is 6.48. The molecule has 0 saturated heterocycles. The molecule has 0 bridgehead atoms. The average Bonchev–Trinajstić information content (AvgIpc) is 2.69. The molecule has 6 heteroatoms. The van der Waals surface area contributed by atoms with Crippen LogP contribution >= 0.6 is 23.2 Å². The van der Waals surface area contributed by atoms with Crippen molar-refractivity contribution in [3.8, 4) is 0 Å². The van der Waals surface area contributed by atoms with E-state index in [9.17, 15) is 9.59 Å². The van der Waals surface area contributed by atoms with E-state index in [1.165, 1.54) is 0 Å². The number of hydrogen-bond acceptors (Lipinski definition) is 2. The minimum absolute atomic E-state index is 0.0316. The molecule has 2 unspecified atom stereocenters. The minimum Gasteiger partial charge on any atom is -0.352 e. The molecule has 162 valence electrons. The number of rotatable bonds is 9. The summed E-state index contributed by atoms with van der Waals surface area (Å²) in [5.74, 6) is -0.296. The zero-order valence-electron chi connectivity index (χ0n) is 18.0. The van der Waals surface area contributed by atoms with Crippen molar-refractivity contribution >= 4 is 35.0 Å². The number of hydrogen-bond donors (Lipinski definition) is 1. The summed E-state index contributed by atoms with van der Waals surface area (Å²) in [7, 11) is 0. The Morgan fingerprint density at radius 2 is 1.67 bits per heavy atom. The second-order valence-corrected chi connectivity index (χ2v) is 8.44. The van der Waals surface area contributed by atoms with Gasteiger partial charge in [-0.2, -0.15) is 0 Å². The lowest BCUT2D eigenvalue weighted by Gasteiger charge is -2.32. The van der Waals surface area contributed by atoms with Gasteiger partial charge in [0, 0.05) is 28.2 Å². The van der Waals surface area contributed by atoms with Crippen molar-refractivity contribution in [2.45, 2.75) is 65.6 Å². The Bertz CT molecular complexity index is 865. The van der Waals surface area contributed by atoms with Gasteiger partial charge in [0.1, 0.15) is 6.04 Å². The Kier molecular flexibility index (Phi) is 9.19.